The highest BCUT2D eigenvalue weighted by Crippen LogP contribution is 2.54. The van der Waals surface area contributed by atoms with Gasteiger partial charge in [-0.15, -0.1) is 23.1 Å². The van der Waals surface area contributed by atoms with E-state index in [-0.39, 0.29) is 27.7 Å². The molecule has 2 rings (SSSR count). The second-order valence-electron chi connectivity index (χ2n) is 6.38. The van der Waals surface area contributed by atoms with Crippen LogP contribution in [0.25, 0.3) is 0 Å². The van der Waals surface area contributed by atoms with Crippen molar-refractivity contribution >= 4 is 45.8 Å². The molecule has 116 valence electrons. The summed E-state index contributed by atoms with van der Waals surface area (Å²) in [5.41, 5.74) is -0.699. The van der Waals surface area contributed by atoms with Gasteiger partial charge in [0.25, 0.3) is 0 Å². The lowest BCUT2D eigenvalue weighted by molar-refractivity contribution is -0.136. The molecule has 0 spiro atoms. The van der Waals surface area contributed by atoms with Crippen LogP contribution in [0.2, 0.25) is 0 Å². The summed E-state index contributed by atoms with van der Waals surface area (Å²) in [5, 5.41) is 1.59. The molecule has 1 aliphatic rings. The second kappa shape index (κ2) is 5.94. The first-order valence-electron chi connectivity index (χ1n) is 6.81. The summed E-state index contributed by atoms with van der Waals surface area (Å²) in [5.74, 6) is 0.361. The van der Waals surface area contributed by atoms with Gasteiger partial charge in [-0.05, 0) is 23.0 Å². The van der Waals surface area contributed by atoms with E-state index >= 15 is 0 Å². The van der Waals surface area contributed by atoms with Gasteiger partial charge in [0, 0.05) is 10.3 Å². The lowest BCUT2D eigenvalue weighted by Gasteiger charge is -2.36. The molecule has 0 aromatic carbocycles. The van der Waals surface area contributed by atoms with E-state index in [1.54, 1.807) is 11.3 Å². The van der Waals surface area contributed by atoms with Crippen molar-refractivity contribution in [3.63, 3.8) is 0 Å². The molecule has 6 heteroatoms. The Balaban J connectivity index is 2.29. The number of hydrogen-bond donors (Lipinski definition) is 0. The molecule has 1 fully saturated rings. The molecule has 1 atom stereocenters. The number of thioether (sulfide) groups is 1. The third kappa shape index (κ3) is 3.01. The first-order chi connectivity index (χ1) is 9.68. The molecule has 1 amide bonds. The summed E-state index contributed by atoms with van der Waals surface area (Å²) in [6, 6.07) is 4.02. The maximum atomic E-state index is 12.8. The summed E-state index contributed by atoms with van der Waals surface area (Å²) in [4.78, 5) is 27.0. The van der Waals surface area contributed by atoms with Crippen molar-refractivity contribution in [2.24, 2.45) is 10.8 Å². The van der Waals surface area contributed by atoms with Crippen molar-refractivity contribution in [2.75, 3.05) is 5.75 Å². The van der Waals surface area contributed by atoms with E-state index in [0.717, 1.165) is 4.88 Å². The van der Waals surface area contributed by atoms with Gasteiger partial charge >= 0.3 is 0 Å². The van der Waals surface area contributed by atoms with Crippen LogP contribution in [0.1, 0.15) is 32.6 Å². The fraction of sp³-hybridized carbons (Fsp3) is 0.600. The first-order valence-corrected chi connectivity index (χ1v) is 9.12. The predicted octanol–water partition coefficient (Wildman–Crippen LogP) is 3.97. The average Bonchev–Trinajstić information content (AvgIpc) is 2.91. The number of nitrogens with zero attached hydrogens (tertiary/aromatic N) is 1. The van der Waals surface area contributed by atoms with Crippen LogP contribution in [0.4, 0.5) is 0 Å². The Labute approximate surface area is 139 Å². The molecule has 1 unspecified atom stereocenters. The molecule has 0 aliphatic carbocycles. The maximum absolute atomic E-state index is 12.8. The van der Waals surface area contributed by atoms with Gasteiger partial charge in [-0.25, -0.2) is 0 Å². The SMILES string of the molecule is CC1(C)C(=O)N(Cc2cccs2)C(SCC(=O)Cl)C1(C)C. The van der Waals surface area contributed by atoms with Gasteiger partial charge in [-0.1, -0.05) is 33.8 Å². The number of hydrogen-bond acceptors (Lipinski definition) is 4. The molecule has 0 radical (unpaired) electrons. The molecule has 0 N–H and O–H groups in total. The molecule has 2 heterocycles. The lowest BCUT2D eigenvalue weighted by Crippen LogP contribution is -2.37. The summed E-state index contributed by atoms with van der Waals surface area (Å²) in [6.07, 6.45) is 0. The fourth-order valence-corrected chi connectivity index (χ4v) is 4.85. The van der Waals surface area contributed by atoms with Gasteiger partial charge in [0.05, 0.1) is 23.1 Å². The number of likely N-dealkylation sites (tertiary alicyclic amines) is 1. The normalized spacial score (nSPS) is 23.6. The average molecular weight is 346 g/mol. The van der Waals surface area contributed by atoms with Crippen LogP contribution in [-0.4, -0.2) is 27.2 Å². The van der Waals surface area contributed by atoms with E-state index in [4.69, 9.17) is 11.6 Å². The number of carbonyl (C=O) groups excluding carboxylic acids is 2. The van der Waals surface area contributed by atoms with E-state index in [1.807, 2.05) is 36.3 Å². The molecular formula is C15H20ClNO2S2. The third-order valence-corrected chi connectivity index (χ3v) is 7.31. The van der Waals surface area contributed by atoms with Crippen molar-refractivity contribution < 1.29 is 9.59 Å². The molecule has 1 saturated heterocycles. The molecule has 1 aromatic heterocycles. The van der Waals surface area contributed by atoms with Crippen molar-refractivity contribution in [2.45, 2.75) is 39.6 Å². The van der Waals surface area contributed by atoms with Crippen LogP contribution in [0.3, 0.4) is 0 Å². The van der Waals surface area contributed by atoms with Crippen LogP contribution in [0.15, 0.2) is 17.5 Å². The molecule has 0 bridgehead atoms. The minimum absolute atomic E-state index is 0.0511. The zero-order chi connectivity index (χ0) is 15.8. The minimum Gasteiger partial charge on any atom is -0.325 e. The van der Waals surface area contributed by atoms with Crippen LogP contribution < -0.4 is 0 Å². The molecule has 3 nitrogen and oxygen atoms in total. The van der Waals surface area contributed by atoms with E-state index in [1.165, 1.54) is 11.8 Å². The zero-order valence-corrected chi connectivity index (χ0v) is 15.1. The van der Waals surface area contributed by atoms with Crippen LogP contribution in [0.5, 0.6) is 0 Å². The molecule has 1 aromatic rings. The van der Waals surface area contributed by atoms with Gasteiger partial charge < -0.3 is 4.90 Å². The van der Waals surface area contributed by atoms with Crippen molar-refractivity contribution in [1.29, 1.82) is 0 Å². The second-order valence-corrected chi connectivity index (χ2v) is 8.90. The third-order valence-electron chi connectivity index (χ3n) is 4.57. The summed E-state index contributed by atoms with van der Waals surface area (Å²) in [7, 11) is 0. The standard InChI is InChI=1S/C15H20ClNO2S2/c1-14(2)12(19)17(8-10-6-5-7-20-10)13(15(14,3)4)21-9-11(16)18/h5-7,13H,8-9H2,1-4H3. The number of rotatable bonds is 5. The number of carbonyl (C=O) groups is 2. The summed E-state index contributed by atoms with van der Waals surface area (Å²) in [6.45, 7) is 8.75. The van der Waals surface area contributed by atoms with Crippen LogP contribution in [0, 0.1) is 10.8 Å². The van der Waals surface area contributed by atoms with E-state index < -0.39 is 5.41 Å². The largest absolute Gasteiger partial charge is 0.325 e. The smallest absolute Gasteiger partial charge is 0.231 e. The van der Waals surface area contributed by atoms with Crippen molar-refractivity contribution in [3.8, 4) is 0 Å². The van der Waals surface area contributed by atoms with Crippen LogP contribution >= 0.6 is 34.7 Å². The van der Waals surface area contributed by atoms with Gasteiger partial charge in [0.2, 0.25) is 11.1 Å². The van der Waals surface area contributed by atoms with Crippen molar-refractivity contribution in [3.05, 3.63) is 22.4 Å². The lowest BCUT2D eigenvalue weighted by atomic mass is 9.70. The summed E-state index contributed by atoms with van der Waals surface area (Å²) >= 11 is 8.59. The Kier molecular flexibility index (Phi) is 4.76. The number of amides is 1. The Bertz CT molecular complexity index is 540. The fourth-order valence-electron chi connectivity index (χ4n) is 2.61. The first kappa shape index (κ1) is 16.8. The molecule has 1 aliphatic heterocycles. The predicted molar refractivity (Wildman–Crippen MR) is 89.5 cm³/mol. The molecule has 0 saturated carbocycles. The maximum Gasteiger partial charge on any atom is 0.231 e. The number of halogens is 1. The Hall–Kier alpha value is -0.520. The van der Waals surface area contributed by atoms with Gasteiger partial charge in [0.1, 0.15) is 0 Å². The van der Waals surface area contributed by atoms with Gasteiger partial charge in [-0.2, -0.15) is 0 Å². The van der Waals surface area contributed by atoms with E-state index in [0.29, 0.717) is 6.54 Å². The zero-order valence-electron chi connectivity index (χ0n) is 12.7. The van der Waals surface area contributed by atoms with Gasteiger partial charge in [-0.3, -0.25) is 9.59 Å². The molecule has 21 heavy (non-hydrogen) atoms. The monoisotopic (exact) mass is 345 g/mol. The highest BCUT2D eigenvalue weighted by Gasteiger charge is 2.59. The highest BCUT2D eigenvalue weighted by atomic mass is 35.5. The number of thiophene rings is 1. The topological polar surface area (TPSA) is 37.4 Å². The quantitative estimate of drug-likeness (QED) is 0.758. The Morgan fingerprint density at radius 1 is 1.43 bits per heavy atom. The van der Waals surface area contributed by atoms with E-state index in [9.17, 15) is 9.59 Å². The van der Waals surface area contributed by atoms with Crippen LogP contribution in [-0.2, 0) is 16.1 Å². The summed E-state index contributed by atoms with van der Waals surface area (Å²) < 4.78 is 0. The van der Waals surface area contributed by atoms with Crippen molar-refractivity contribution in [1.82, 2.24) is 4.90 Å². The van der Waals surface area contributed by atoms with E-state index in [2.05, 4.69) is 13.8 Å². The minimum atomic E-state index is -0.461. The Morgan fingerprint density at radius 3 is 2.62 bits per heavy atom. The highest BCUT2D eigenvalue weighted by molar-refractivity contribution is 8.00. The molecular weight excluding hydrogens is 326 g/mol. The Morgan fingerprint density at radius 2 is 2.10 bits per heavy atom. The van der Waals surface area contributed by atoms with Gasteiger partial charge in [0.15, 0.2) is 0 Å².